The molecule has 1 nitrogen and oxygen atoms in total. The van der Waals surface area contributed by atoms with Gasteiger partial charge in [0.05, 0.1) is 0 Å². The van der Waals surface area contributed by atoms with E-state index in [2.05, 4.69) is 0 Å². The van der Waals surface area contributed by atoms with Crippen LogP contribution in [0.2, 0.25) is 0 Å². The minimum atomic E-state index is 0.928. The summed E-state index contributed by atoms with van der Waals surface area (Å²) in [6, 6.07) is 0. The van der Waals surface area contributed by atoms with E-state index in [4.69, 9.17) is 0 Å². The van der Waals surface area contributed by atoms with Crippen molar-refractivity contribution >= 4 is 6.29 Å². The van der Waals surface area contributed by atoms with Gasteiger partial charge in [-0.3, -0.25) is 4.79 Å². The maximum atomic E-state index is 10.3. The third-order valence-electron chi connectivity index (χ3n) is 2.12. The van der Waals surface area contributed by atoms with E-state index in [1.165, 1.54) is 24.8 Å². The topological polar surface area (TPSA) is 17.1 Å². The van der Waals surface area contributed by atoms with Gasteiger partial charge in [0, 0.05) is 5.57 Å². The minimum Gasteiger partial charge on any atom is -0.285 e. The summed E-state index contributed by atoms with van der Waals surface area (Å²) in [4.78, 5) is 10.3. The molecule has 1 radical (unpaired) electrons. The molecular formula is C9H13O. The van der Waals surface area contributed by atoms with Crippen molar-refractivity contribution in [2.75, 3.05) is 0 Å². The normalized spacial score (nSPS) is 20.5. The van der Waals surface area contributed by atoms with Gasteiger partial charge in [0.2, 0.25) is 6.29 Å². The average molecular weight is 137 g/mol. The highest BCUT2D eigenvalue weighted by Crippen LogP contribution is 2.21. The molecule has 0 aromatic heterocycles. The molecule has 1 heteroatoms. The molecule has 1 aliphatic rings. The number of allylic oxidation sites excluding steroid dienone is 2. The molecule has 0 heterocycles. The van der Waals surface area contributed by atoms with Gasteiger partial charge < -0.3 is 0 Å². The van der Waals surface area contributed by atoms with Crippen LogP contribution in [-0.2, 0) is 4.79 Å². The van der Waals surface area contributed by atoms with Gasteiger partial charge in [-0.05, 0) is 32.6 Å². The minimum absolute atomic E-state index is 0.928. The summed E-state index contributed by atoms with van der Waals surface area (Å²) >= 11 is 0. The van der Waals surface area contributed by atoms with Crippen molar-refractivity contribution in [1.29, 1.82) is 0 Å². The standard InChI is InChI=1S/C9H13O/c1-8-5-3-2-4-6-9(8)7-10/h2-6H2,1H3. The maximum absolute atomic E-state index is 10.3. The molecule has 0 saturated heterocycles. The first-order valence-corrected chi connectivity index (χ1v) is 3.91. The fraction of sp³-hybridized carbons (Fsp3) is 0.667. The molecule has 1 aliphatic carbocycles. The highest BCUT2D eigenvalue weighted by atomic mass is 16.1. The van der Waals surface area contributed by atoms with Gasteiger partial charge >= 0.3 is 0 Å². The molecule has 0 N–H and O–H groups in total. The second-order valence-electron chi connectivity index (χ2n) is 2.92. The lowest BCUT2D eigenvalue weighted by molar-refractivity contribution is 0.559. The summed E-state index contributed by atoms with van der Waals surface area (Å²) in [5, 5.41) is 0. The molecule has 0 bridgehead atoms. The third kappa shape index (κ3) is 1.69. The van der Waals surface area contributed by atoms with E-state index < -0.39 is 0 Å². The summed E-state index contributed by atoms with van der Waals surface area (Å²) in [6.07, 6.45) is 7.76. The van der Waals surface area contributed by atoms with Crippen molar-refractivity contribution in [3.05, 3.63) is 11.1 Å². The Hall–Kier alpha value is -0.590. The Bertz CT molecular complexity index is 156. The molecule has 0 amide bonds. The fourth-order valence-electron chi connectivity index (χ4n) is 1.37. The molecule has 0 aliphatic heterocycles. The quantitative estimate of drug-likeness (QED) is 0.542. The molecule has 10 heavy (non-hydrogen) atoms. The summed E-state index contributed by atoms with van der Waals surface area (Å²) in [6.45, 7) is 2.05. The van der Waals surface area contributed by atoms with Crippen molar-refractivity contribution in [1.82, 2.24) is 0 Å². The Balaban J connectivity index is 2.67. The first-order valence-electron chi connectivity index (χ1n) is 3.91. The summed E-state index contributed by atoms with van der Waals surface area (Å²) in [7, 11) is 0. The van der Waals surface area contributed by atoms with Crippen LogP contribution in [0.3, 0.4) is 0 Å². The zero-order valence-electron chi connectivity index (χ0n) is 6.44. The smallest absolute Gasteiger partial charge is 0.229 e. The molecule has 0 atom stereocenters. The van der Waals surface area contributed by atoms with Crippen molar-refractivity contribution in [2.24, 2.45) is 0 Å². The van der Waals surface area contributed by atoms with E-state index in [9.17, 15) is 4.79 Å². The van der Waals surface area contributed by atoms with E-state index in [1.807, 2.05) is 13.2 Å². The van der Waals surface area contributed by atoms with Crippen LogP contribution in [0.1, 0.15) is 39.0 Å². The van der Waals surface area contributed by atoms with Crippen molar-refractivity contribution in [3.63, 3.8) is 0 Å². The summed E-state index contributed by atoms with van der Waals surface area (Å²) in [5.41, 5.74) is 2.19. The van der Waals surface area contributed by atoms with Gasteiger partial charge in [-0.25, -0.2) is 0 Å². The average Bonchev–Trinajstić information content (AvgIpc) is 2.13. The van der Waals surface area contributed by atoms with Crippen LogP contribution in [0.25, 0.3) is 0 Å². The van der Waals surface area contributed by atoms with Gasteiger partial charge in [0.25, 0.3) is 0 Å². The summed E-state index contributed by atoms with van der Waals surface area (Å²) in [5.74, 6) is 0. The first kappa shape index (κ1) is 7.52. The predicted molar refractivity (Wildman–Crippen MR) is 41.5 cm³/mol. The Morgan fingerprint density at radius 1 is 1.20 bits per heavy atom. The molecule has 0 fully saturated rings. The van der Waals surface area contributed by atoms with Gasteiger partial charge in [-0.15, -0.1) is 0 Å². The summed E-state index contributed by atoms with van der Waals surface area (Å²) < 4.78 is 0. The largest absolute Gasteiger partial charge is 0.285 e. The van der Waals surface area contributed by atoms with Gasteiger partial charge in [0.15, 0.2) is 0 Å². The molecule has 0 unspecified atom stereocenters. The third-order valence-corrected chi connectivity index (χ3v) is 2.12. The van der Waals surface area contributed by atoms with Gasteiger partial charge in [-0.1, -0.05) is 12.0 Å². The fourth-order valence-corrected chi connectivity index (χ4v) is 1.37. The number of carbonyl (C=O) groups excluding carboxylic acids is 1. The monoisotopic (exact) mass is 137 g/mol. The predicted octanol–water partition coefficient (Wildman–Crippen LogP) is 2.38. The van der Waals surface area contributed by atoms with Crippen LogP contribution in [0.15, 0.2) is 11.1 Å². The maximum Gasteiger partial charge on any atom is 0.229 e. The van der Waals surface area contributed by atoms with Crippen LogP contribution >= 0.6 is 0 Å². The van der Waals surface area contributed by atoms with E-state index >= 15 is 0 Å². The van der Waals surface area contributed by atoms with Crippen molar-refractivity contribution in [3.8, 4) is 0 Å². The van der Waals surface area contributed by atoms with E-state index in [0.29, 0.717) is 0 Å². The Morgan fingerprint density at radius 3 is 2.60 bits per heavy atom. The zero-order valence-corrected chi connectivity index (χ0v) is 6.44. The van der Waals surface area contributed by atoms with Crippen LogP contribution in [0.5, 0.6) is 0 Å². The van der Waals surface area contributed by atoms with Crippen LogP contribution < -0.4 is 0 Å². The lowest BCUT2D eigenvalue weighted by Crippen LogP contribution is -1.86. The van der Waals surface area contributed by atoms with Crippen molar-refractivity contribution in [2.45, 2.75) is 39.0 Å². The Kier molecular flexibility index (Phi) is 2.67. The molecule has 0 aromatic rings. The number of hydrogen-bond donors (Lipinski definition) is 0. The van der Waals surface area contributed by atoms with Crippen LogP contribution in [-0.4, -0.2) is 6.29 Å². The number of rotatable bonds is 1. The molecular weight excluding hydrogens is 124 g/mol. The molecule has 0 spiro atoms. The SMILES string of the molecule is CC1=C([C]=O)CCCCC1. The van der Waals surface area contributed by atoms with E-state index in [-0.39, 0.29) is 0 Å². The molecule has 55 valence electrons. The second kappa shape index (κ2) is 3.55. The lowest BCUT2D eigenvalue weighted by atomic mass is 10.1. The Morgan fingerprint density at radius 2 is 1.90 bits per heavy atom. The second-order valence-corrected chi connectivity index (χ2v) is 2.92. The molecule has 0 aromatic carbocycles. The van der Waals surface area contributed by atoms with Crippen LogP contribution in [0.4, 0.5) is 0 Å². The Labute approximate surface area is 62.1 Å². The van der Waals surface area contributed by atoms with Gasteiger partial charge in [-0.2, -0.15) is 0 Å². The zero-order chi connectivity index (χ0) is 7.40. The molecule has 0 saturated carbocycles. The highest BCUT2D eigenvalue weighted by Gasteiger charge is 2.06. The first-order chi connectivity index (χ1) is 4.84. The van der Waals surface area contributed by atoms with Crippen molar-refractivity contribution < 1.29 is 4.79 Å². The molecule has 1 rings (SSSR count). The van der Waals surface area contributed by atoms with E-state index in [0.717, 1.165) is 18.4 Å². The highest BCUT2D eigenvalue weighted by molar-refractivity contribution is 5.75. The van der Waals surface area contributed by atoms with E-state index in [1.54, 1.807) is 0 Å². The lowest BCUT2D eigenvalue weighted by Gasteiger charge is -1.97. The van der Waals surface area contributed by atoms with Gasteiger partial charge in [0.1, 0.15) is 0 Å². The number of hydrogen-bond acceptors (Lipinski definition) is 1. The van der Waals surface area contributed by atoms with Crippen LogP contribution in [0, 0.1) is 0 Å².